The molecule has 0 bridgehead atoms. The molecule has 2 atom stereocenters. The van der Waals surface area contributed by atoms with Crippen molar-refractivity contribution in [3.8, 4) is 0 Å². The molecule has 0 aromatic heterocycles. The highest BCUT2D eigenvalue weighted by Gasteiger charge is 2.25. The van der Waals surface area contributed by atoms with Crippen LogP contribution < -0.4 is 5.32 Å². The van der Waals surface area contributed by atoms with E-state index in [1.807, 2.05) is 13.0 Å². The van der Waals surface area contributed by atoms with Crippen LogP contribution in [0.2, 0.25) is 0 Å². The minimum atomic E-state index is -0.261. The molecule has 0 fully saturated rings. The van der Waals surface area contributed by atoms with Gasteiger partial charge < -0.3 is 10.4 Å². The van der Waals surface area contributed by atoms with E-state index in [0.717, 1.165) is 6.42 Å². The molecular formula is C15H25NO. The monoisotopic (exact) mass is 235 g/mol. The summed E-state index contributed by atoms with van der Waals surface area (Å²) < 4.78 is 0. The molecule has 0 saturated carbocycles. The zero-order valence-corrected chi connectivity index (χ0v) is 11.4. The van der Waals surface area contributed by atoms with Gasteiger partial charge in [0.15, 0.2) is 0 Å². The first-order chi connectivity index (χ1) is 7.95. The molecule has 2 unspecified atom stereocenters. The quantitative estimate of drug-likeness (QED) is 0.822. The Hall–Kier alpha value is -0.860. The van der Waals surface area contributed by atoms with Gasteiger partial charge in [-0.3, -0.25) is 0 Å². The molecule has 0 heterocycles. The van der Waals surface area contributed by atoms with Gasteiger partial charge in [-0.1, -0.05) is 58.0 Å². The minimum absolute atomic E-state index is 0.134. The third-order valence-electron chi connectivity index (χ3n) is 3.03. The van der Waals surface area contributed by atoms with Crippen LogP contribution in [0.25, 0.3) is 0 Å². The number of nitrogens with one attached hydrogen (secondary N) is 1. The Labute approximate surface area is 105 Å². The average molecular weight is 235 g/mol. The summed E-state index contributed by atoms with van der Waals surface area (Å²) in [5.74, 6) is 0. The predicted octanol–water partition coefficient (Wildman–Crippen LogP) is 3.13. The van der Waals surface area contributed by atoms with Crippen LogP contribution in [0.3, 0.4) is 0 Å². The summed E-state index contributed by atoms with van der Waals surface area (Å²) in [6.07, 6.45) is 0.530. The second-order valence-electron chi connectivity index (χ2n) is 5.68. The maximum absolute atomic E-state index is 9.66. The molecule has 0 saturated heterocycles. The van der Waals surface area contributed by atoms with E-state index in [9.17, 15) is 5.11 Å². The topological polar surface area (TPSA) is 32.3 Å². The highest BCUT2D eigenvalue weighted by atomic mass is 16.3. The molecule has 0 aliphatic carbocycles. The molecule has 0 aliphatic heterocycles. The van der Waals surface area contributed by atoms with Crippen molar-refractivity contribution in [3.63, 3.8) is 0 Å². The van der Waals surface area contributed by atoms with E-state index < -0.39 is 0 Å². The molecule has 1 aromatic rings. The second-order valence-corrected chi connectivity index (χ2v) is 5.68. The van der Waals surface area contributed by atoms with E-state index in [2.05, 4.69) is 50.4 Å². The van der Waals surface area contributed by atoms with Gasteiger partial charge >= 0.3 is 0 Å². The summed E-state index contributed by atoms with van der Waals surface area (Å²) in [7, 11) is 0. The largest absolute Gasteiger partial charge is 0.392 e. The van der Waals surface area contributed by atoms with Crippen molar-refractivity contribution in [2.75, 3.05) is 6.54 Å². The Balaban J connectivity index is 2.76. The molecular weight excluding hydrogens is 210 g/mol. The van der Waals surface area contributed by atoms with Gasteiger partial charge in [0.2, 0.25) is 0 Å². The molecule has 0 radical (unpaired) electrons. The number of aliphatic hydroxyl groups excluding tert-OH is 1. The van der Waals surface area contributed by atoms with E-state index in [-0.39, 0.29) is 17.6 Å². The van der Waals surface area contributed by atoms with Gasteiger partial charge in [0.05, 0.1) is 6.10 Å². The summed E-state index contributed by atoms with van der Waals surface area (Å²) >= 11 is 0. The molecule has 1 aromatic carbocycles. The smallest absolute Gasteiger partial charge is 0.0662 e. The van der Waals surface area contributed by atoms with Crippen LogP contribution in [-0.4, -0.2) is 17.8 Å². The van der Waals surface area contributed by atoms with Crippen LogP contribution >= 0.6 is 0 Å². The standard InChI is InChI=1S/C15H25NO/c1-5-13(17)11-16-14(15(2,3)4)12-9-7-6-8-10-12/h6-10,13-14,16-17H,5,11H2,1-4H3. The van der Waals surface area contributed by atoms with E-state index >= 15 is 0 Å². The maximum atomic E-state index is 9.66. The van der Waals surface area contributed by atoms with Gasteiger partial charge in [0, 0.05) is 12.6 Å². The number of hydrogen-bond acceptors (Lipinski definition) is 2. The van der Waals surface area contributed by atoms with Crippen molar-refractivity contribution in [3.05, 3.63) is 35.9 Å². The van der Waals surface area contributed by atoms with E-state index in [1.165, 1.54) is 5.56 Å². The van der Waals surface area contributed by atoms with Crippen LogP contribution in [0.5, 0.6) is 0 Å². The SMILES string of the molecule is CCC(O)CNC(c1ccccc1)C(C)(C)C. The molecule has 2 heteroatoms. The van der Waals surface area contributed by atoms with Crippen molar-refractivity contribution < 1.29 is 5.11 Å². The Bertz CT molecular complexity index is 315. The molecule has 1 rings (SSSR count). The van der Waals surface area contributed by atoms with E-state index in [4.69, 9.17) is 0 Å². The van der Waals surface area contributed by atoms with Gasteiger partial charge in [-0.25, -0.2) is 0 Å². The van der Waals surface area contributed by atoms with Crippen molar-refractivity contribution in [2.24, 2.45) is 5.41 Å². The number of rotatable bonds is 5. The Morgan fingerprint density at radius 3 is 2.24 bits per heavy atom. The van der Waals surface area contributed by atoms with Crippen molar-refractivity contribution in [1.82, 2.24) is 5.32 Å². The fraction of sp³-hybridized carbons (Fsp3) is 0.600. The van der Waals surface area contributed by atoms with Crippen molar-refractivity contribution in [2.45, 2.75) is 46.3 Å². The summed E-state index contributed by atoms with van der Waals surface area (Å²) in [6.45, 7) is 9.30. The van der Waals surface area contributed by atoms with Crippen LogP contribution in [0.1, 0.15) is 45.7 Å². The van der Waals surface area contributed by atoms with E-state index in [1.54, 1.807) is 0 Å². The first-order valence-electron chi connectivity index (χ1n) is 6.41. The highest BCUT2D eigenvalue weighted by Crippen LogP contribution is 2.32. The third kappa shape index (κ3) is 4.49. The molecule has 2 N–H and O–H groups in total. The lowest BCUT2D eigenvalue weighted by molar-refractivity contribution is 0.149. The first kappa shape index (κ1) is 14.2. The fourth-order valence-electron chi connectivity index (χ4n) is 1.97. The minimum Gasteiger partial charge on any atom is -0.392 e. The number of hydrogen-bond donors (Lipinski definition) is 2. The Morgan fingerprint density at radius 1 is 1.18 bits per heavy atom. The van der Waals surface area contributed by atoms with Gasteiger partial charge in [0.25, 0.3) is 0 Å². The van der Waals surface area contributed by atoms with Gasteiger partial charge in [-0.2, -0.15) is 0 Å². The number of aliphatic hydroxyl groups is 1. The van der Waals surface area contributed by atoms with Gasteiger partial charge in [-0.15, -0.1) is 0 Å². The van der Waals surface area contributed by atoms with Crippen LogP contribution in [0, 0.1) is 5.41 Å². The Morgan fingerprint density at radius 2 is 1.76 bits per heavy atom. The normalized spacial score (nSPS) is 15.6. The van der Waals surface area contributed by atoms with Crippen molar-refractivity contribution in [1.29, 1.82) is 0 Å². The summed E-state index contributed by atoms with van der Waals surface area (Å²) in [5, 5.41) is 13.1. The predicted molar refractivity (Wildman–Crippen MR) is 72.9 cm³/mol. The number of benzene rings is 1. The second kappa shape index (κ2) is 6.18. The molecule has 17 heavy (non-hydrogen) atoms. The summed E-state index contributed by atoms with van der Waals surface area (Å²) in [6, 6.07) is 10.7. The molecule has 96 valence electrons. The van der Waals surface area contributed by atoms with Crippen LogP contribution in [0.4, 0.5) is 0 Å². The zero-order chi connectivity index (χ0) is 12.9. The molecule has 2 nitrogen and oxygen atoms in total. The molecule has 0 spiro atoms. The third-order valence-corrected chi connectivity index (χ3v) is 3.03. The summed E-state index contributed by atoms with van der Waals surface area (Å²) in [5.41, 5.74) is 1.41. The Kier molecular flexibility index (Phi) is 5.16. The van der Waals surface area contributed by atoms with Gasteiger partial charge in [0.1, 0.15) is 0 Å². The maximum Gasteiger partial charge on any atom is 0.0662 e. The summed E-state index contributed by atoms with van der Waals surface area (Å²) in [4.78, 5) is 0. The highest BCUT2D eigenvalue weighted by molar-refractivity contribution is 5.20. The molecule has 0 aliphatic rings. The van der Waals surface area contributed by atoms with Crippen molar-refractivity contribution >= 4 is 0 Å². The molecule has 0 amide bonds. The zero-order valence-electron chi connectivity index (χ0n) is 11.4. The van der Waals surface area contributed by atoms with Crippen LogP contribution in [0.15, 0.2) is 30.3 Å². The van der Waals surface area contributed by atoms with Gasteiger partial charge in [-0.05, 0) is 17.4 Å². The lowest BCUT2D eigenvalue weighted by Crippen LogP contribution is -2.36. The lowest BCUT2D eigenvalue weighted by atomic mass is 9.82. The first-order valence-corrected chi connectivity index (χ1v) is 6.41. The lowest BCUT2D eigenvalue weighted by Gasteiger charge is -2.33. The van der Waals surface area contributed by atoms with Crippen LogP contribution in [-0.2, 0) is 0 Å². The fourth-order valence-corrected chi connectivity index (χ4v) is 1.97. The average Bonchev–Trinajstić information content (AvgIpc) is 2.28. The van der Waals surface area contributed by atoms with E-state index in [0.29, 0.717) is 6.54 Å².